The number of halogens is 1. The maximum atomic E-state index is 13.5. The zero-order chi connectivity index (χ0) is 12.5. The first-order chi connectivity index (χ1) is 8.74. The molecule has 0 atom stereocenters. The summed E-state index contributed by atoms with van der Waals surface area (Å²) >= 11 is 1.23. The van der Waals surface area contributed by atoms with Crippen molar-refractivity contribution in [2.75, 3.05) is 5.73 Å². The first-order valence-electron chi connectivity index (χ1n) is 5.04. The molecular formula is C11H7FN4OS. The summed E-state index contributed by atoms with van der Waals surface area (Å²) < 4.78 is 18.6. The zero-order valence-corrected chi connectivity index (χ0v) is 9.82. The molecule has 7 heteroatoms. The number of rotatable bonds is 2. The molecule has 0 spiro atoms. The Morgan fingerprint density at radius 1 is 1.28 bits per heavy atom. The Hall–Kier alpha value is -2.28. The molecule has 0 unspecified atom stereocenters. The Labute approximate surface area is 105 Å². The fourth-order valence-electron chi connectivity index (χ4n) is 1.46. The lowest BCUT2D eigenvalue weighted by atomic mass is 10.2. The Kier molecular flexibility index (Phi) is 2.52. The summed E-state index contributed by atoms with van der Waals surface area (Å²) in [4.78, 5) is 8.66. The van der Waals surface area contributed by atoms with Gasteiger partial charge in [0.1, 0.15) is 10.7 Å². The third-order valence-corrected chi connectivity index (χ3v) is 3.09. The minimum absolute atomic E-state index is 0.204. The first kappa shape index (κ1) is 10.8. The normalized spacial score (nSPS) is 10.7. The molecule has 0 bridgehead atoms. The second-order valence-corrected chi connectivity index (χ2v) is 4.53. The Morgan fingerprint density at radius 3 is 2.83 bits per heavy atom. The molecule has 3 rings (SSSR count). The van der Waals surface area contributed by atoms with Gasteiger partial charge in [-0.15, -0.1) is 0 Å². The molecule has 2 N–H and O–H groups in total. The maximum absolute atomic E-state index is 13.5. The quantitative estimate of drug-likeness (QED) is 0.768. The number of anilines is 1. The number of hydrogen-bond donors (Lipinski definition) is 1. The van der Waals surface area contributed by atoms with E-state index in [0.29, 0.717) is 15.6 Å². The average molecular weight is 262 g/mol. The third kappa shape index (κ3) is 1.84. The van der Waals surface area contributed by atoms with Crippen molar-refractivity contribution in [2.45, 2.75) is 0 Å². The van der Waals surface area contributed by atoms with E-state index in [9.17, 15) is 4.39 Å². The van der Waals surface area contributed by atoms with Gasteiger partial charge in [0.05, 0.1) is 11.8 Å². The van der Waals surface area contributed by atoms with Gasteiger partial charge < -0.3 is 10.3 Å². The maximum Gasteiger partial charge on any atom is 0.270 e. The van der Waals surface area contributed by atoms with Crippen molar-refractivity contribution in [3.8, 4) is 22.2 Å². The number of nitrogens with zero attached hydrogens (tertiary/aromatic N) is 3. The van der Waals surface area contributed by atoms with Crippen molar-refractivity contribution >= 4 is 16.5 Å². The number of aromatic nitrogens is 3. The molecule has 18 heavy (non-hydrogen) atoms. The highest BCUT2D eigenvalue weighted by molar-refractivity contribution is 7.18. The van der Waals surface area contributed by atoms with Crippen LogP contribution >= 0.6 is 11.3 Å². The van der Waals surface area contributed by atoms with Crippen molar-refractivity contribution < 1.29 is 8.91 Å². The van der Waals surface area contributed by atoms with Crippen molar-refractivity contribution in [3.05, 3.63) is 36.3 Å². The standard InChI is InChI=1S/C11H7FN4OS/c12-7-4-2-1-3-6(7)9-15-10(17-16-9)8-5-14-11(13)18-8/h1-5H,(H2,13,14). The van der Waals surface area contributed by atoms with Gasteiger partial charge in [0.2, 0.25) is 5.82 Å². The second kappa shape index (κ2) is 4.19. The zero-order valence-electron chi connectivity index (χ0n) is 9.00. The topological polar surface area (TPSA) is 77.8 Å². The van der Waals surface area contributed by atoms with E-state index in [1.54, 1.807) is 24.4 Å². The lowest BCUT2D eigenvalue weighted by molar-refractivity contribution is 0.432. The Morgan fingerprint density at radius 2 is 2.11 bits per heavy atom. The van der Waals surface area contributed by atoms with Crippen LogP contribution in [0.2, 0.25) is 0 Å². The smallest absolute Gasteiger partial charge is 0.270 e. The molecule has 1 aromatic carbocycles. The van der Waals surface area contributed by atoms with Crippen LogP contribution in [0, 0.1) is 5.82 Å². The van der Waals surface area contributed by atoms with Crippen LogP contribution < -0.4 is 5.73 Å². The molecular weight excluding hydrogens is 255 g/mol. The molecule has 3 aromatic rings. The molecule has 0 fully saturated rings. The van der Waals surface area contributed by atoms with Crippen LogP contribution in [0.3, 0.4) is 0 Å². The summed E-state index contributed by atoms with van der Waals surface area (Å²) in [5.74, 6) is 0.0891. The van der Waals surface area contributed by atoms with Crippen LogP contribution in [0.1, 0.15) is 0 Å². The van der Waals surface area contributed by atoms with Crippen LogP contribution in [0.25, 0.3) is 22.2 Å². The van der Waals surface area contributed by atoms with Gasteiger partial charge in [0, 0.05) is 0 Å². The number of hydrogen-bond acceptors (Lipinski definition) is 6. The van der Waals surface area contributed by atoms with E-state index in [2.05, 4.69) is 15.1 Å². The third-order valence-electron chi connectivity index (χ3n) is 2.28. The van der Waals surface area contributed by atoms with E-state index in [4.69, 9.17) is 10.3 Å². The summed E-state index contributed by atoms with van der Waals surface area (Å²) in [7, 11) is 0. The highest BCUT2D eigenvalue weighted by Gasteiger charge is 2.15. The molecule has 5 nitrogen and oxygen atoms in total. The van der Waals surface area contributed by atoms with E-state index >= 15 is 0 Å². The molecule has 0 saturated carbocycles. The molecule has 0 amide bonds. The molecule has 2 aromatic heterocycles. The van der Waals surface area contributed by atoms with Gasteiger partial charge in [-0.05, 0) is 12.1 Å². The van der Waals surface area contributed by atoms with Gasteiger partial charge in [-0.2, -0.15) is 4.98 Å². The fourth-order valence-corrected chi connectivity index (χ4v) is 2.07. The predicted molar refractivity (Wildman–Crippen MR) is 65.2 cm³/mol. The Balaban J connectivity index is 2.02. The van der Waals surface area contributed by atoms with E-state index in [0.717, 1.165) is 0 Å². The van der Waals surface area contributed by atoms with Gasteiger partial charge >= 0.3 is 0 Å². The average Bonchev–Trinajstić information content (AvgIpc) is 2.98. The monoisotopic (exact) mass is 262 g/mol. The van der Waals surface area contributed by atoms with Gasteiger partial charge in [0.15, 0.2) is 5.13 Å². The summed E-state index contributed by atoms with van der Waals surface area (Å²) in [6.45, 7) is 0. The minimum Gasteiger partial charge on any atom is -0.375 e. The molecule has 0 aliphatic rings. The molecule has 90 valence electrons. The van der Waals surface area contributed by atoms with E-state index in [-0.39, 0.29) is 11.7 Å². The summed E-state index contributed by atoms with van der Waals surface area (Å²) in [5, 5.41) is 4.16. The first-order valence-corrected chi connectivity index (χ1v) is 5.86. The SMILES string of the molecule is Nc1ncc(-c2nc(-c3ccccc3F)no2)s1. The van der Waals surface area contributed by atoms with Gasteiger partial charge in [-0.3, -0.25) is 0 Å². The fraction of sp³-hybridized carbons (Fsp3) is 0. The second-order valence-electron chi connectivity index (χ2n) is 3.47. The van der Waals surface area contributed by atoms with Crippen molar-refractivity contribution in [3.63, 3.8) is 0 Å². The largest absolute Gasteiger partial charge is 0.375 e. The molecule has 0 aliphatic carbocycles. The Bertz CT molecular complexity index is 694. The van der Waals surface area contributed by atoms with Crippen molar-refractivity contribution in [2.24, 2.45) is 0 Å². The molecule has 2 heterocycles. The lowest BCUT2D eigenvalue weighted by Gasteiger charge is -1.94. The van der Waals surface area contributed by atoms with E-state index in [1.165, 1.54) is 17.4 Å². The van der Waals surface area contributed by atoms with Gasteiger partial charge in [-0.1, -0.05) is 28.6 Å². The lowest BCUT2D eigenvalue weighted by Crippen LogP contribution is -1.85. The highest BCUT2D eigenvalue weighted by Crippen LogP contribution is 2.28. The van der Waals surface area contributed by atoms with Gasteiger partial charge in [0.25, 0.3) is 5.89 Å². The van der Waals surface area contributed by atoms with E-state index < -0.39 is 5.82 Å². The number of benzene rings is 1. The molecule has 0 aliphatic heterocycles. The molecule has 0 saturated heterocycles. The summed E-state index contributed by atoms with van der Waals surface area (Å²) in [6.07, 6.45) is 1.54. The van der Waals surface area contributed by atoms with E-state index in [1.807, 2.05) is 0 Å². The summed E-state index contributed by atoms with van der Waals surface area (Å²) in [5.41, 5.74) is 5.81. The van der Waals surface area contributed by atoms with Crippen molar-refractivity contribution in [1.29, 1.82) is 0 Å². The number of nitrogens with two attached hydrogens (primary N) is 1. The van der Waals surface area contributed by atoms with Crippen molar-refractivity contribution in [1.82, 2.24) is 15.1 Å². The number of thiazole rings is 1. The molecule has 0 radical (unpaired) electrons. The minimum atomic E-state index is -0.395. The van der Waals surface area contributed by atoms with Crippen LogP contribution in [-0.2, 0) is 0 Å². The van der Waals surface area contributed by atoms with Crippen LogP contribution in [-0.4, -0.2) is 15.1 Å². The highest BCUT2D eigenvalue weighted by atomic mass is 32.1. The van der Waals surface area contributed by atoms with Crippen LogP contribution in [0.5, 0.6) is 0 Å². The summed E-state index contributed by atoms with van der Waals surface area (Å²) in [6, 6.07) is 6.24. The van der Waals surface area contributed by atoms with Crippen LogP contribution in [0.15, 0.2) is 35.0 Å². The van der Waals surface area contributed by atoms with Gasteiger partial charge in [-0.25, -0.2) is 9.37 Å². The predicted octanol–water partition coefficient (Wildman–Crippen LogP) is 2.58. The number of nitrogen functional groups attached to an aromatic ring is 1. The van der Waals surface area contributed by atoms with Crippen LogP contribution in [0.4, 0.5) is 9.52 Å².